The maximum absolute atomic E-state index is 12.1. The Morgan fingerprint density at radius 2 is 2.06 bits per heavy atom. The lowest BCUT2D eigenvalue weighted by Gasteiger charge is -2.08. The topological polar surface area (TPSA) is 54.9 Å². The highest BCUT2D eigenvalue weighted by Crippen LogP contribution is 2.19. The zero-order chi connectivity index (χ0) is 13.1. The van der Waals surface area contributed by atoms with E-state index in [0.717, 1.165) is 5.56 Å². The molecule has 5 heteroatoms. The van der Waals surface area contributed by atoms with Crippen LogP contribution in [0, 0.1) is 13.8 Å². The van der Waals surface area contributed by atoms with Gasteiger partial charge >= 0.3 is 0 Å². The van der Waals surface area contributed by atoms with Crippen molar-refractivity contribution in [2.24, 2.45) is 0 Å². The van der Waals surface area contributed by atoms with E-state index >= 15 is 0 Å². The number of aromatic nitrogens is 2. The number of rotatable bonds is 2. The zero-order valence-corrected chi connectivity index (χ0v) is 10.8. The van der Waals surface area contributed by atoms with Crippen molar-refractivity contribution in [2.75, 3.05) is 5.32 Å². The van der Waals surface area contributed by atoms with E-state index in [1.807, 2.05) is 6.92 Å². The van der Waals surface area contributed by atoms with Gasteiger partial charge < -0.3 is 5.32 Å². The quantitative estimate of drug-likeness (QED) is 0.904. The standard InChI is InChI=1S/C13H12ClN3O/c1-8-10(4-3-5-11(8)14)13(18)17-12-6-7-15-9(2)16-12/h3-7H,1-2H3,(H,15,16,17,18). The van der Waals surface area contributed by atoms with Crippen LogP contribution < -0.4 is 5.32 Å². The molecule has 2 rings (SSSR count). The minimum absolute atomic E-state index is 0.229. The highest BCUT2D eigenvalue weighted by Gasteiger charge is 2.11. The molecule has 0 aliphatic heterocycles. The molecule has 92 valence electrons. The van der Waals surface area contributed by atoms with Crippen LogP contribution in [-0.2, 0) is 0 Å². The molecule has 0 fully saturated rings. The van der Waals surface area contributed by atoms with Gasteiger partial charge in [-0.1, -0.05) is 17.7 Å². The van der Waals surface area contributed by atoms with Gasteiger partial charge in [0.2, 0.25) is 0 Å². The Morgan fingerprint density at radius 3 is 2.78 bits per heavy atom. The second-order valence-electron chi connectivity index (χ2n) is 3.86. The molecule has 1 N–H and O–H groups in total. The first-order chi connectivity index (χ1) is 8.58. The van der Waals surface area contributed by atoms with Crippen LogP contribution in [0.1, 0.15) is 21.7 Å². The summed E-state index contributed by atoms with van der Waals surface area (Å²) in [4.78, 5) is 20.2. The first-order valence-corrected chi connectivity index (χ1v) is 5.82. The molecular formula is C13H12ClN3O. The van der Waals surface area contributed by atoms with Crippen molar-refractivity contribution in [3.05, 3.63) is 52.4 Å². The SMILES string of the molecule is Cc1nccc(NC(=O)c2cccc(Cl)c2C)n1. The van der Waals surface area contributed by atoms with E-state index in [9.17, 15) is 4.79 Å². The third-order valence-corrected chi connectivity index (χ3v) is 2.94. The molecule has 18 heavy (non-hydrogen) atoms. The Hall–Kier alpha value is -1.94. The molecule has 1 aromatic heterocycles. The number of anilines is 1. The molecule has 0 saturated heterocycles. The second-order valence-corrected chi connectivity index (χ2v) is 4.26. The first kappa shape index (κ1) is 12.5. The molecule has 0 aliphatic carbocycles. The van der Waals surface area contributed by atoms with Crippen LogP contribution in [-0.4, -0.2) is 15.9 Å². The molecule has 0 unspecified atom stereocenters. The van der Waals surface area contributed by atoms with Crippen LogP contribution in [0.15, 0.2) is 30.5 Å². The van der Waals surface area contributed by atoms with Gasteiger partial charge in [-0.15, -0.1) is 0 Å². The van der Waals surface area contributed by atoms with E-state index in [0.29, 0.717) is 22.2 Å². The summed E-state index contributed by atoms with van der Waals surface area (Å²) in [7, 11) is 0. The number of benzene rings is 1. The van der Waals surface area contributed by atoms with Gasteiger partial charge in [-0.2, -0.15) is 0 Å². The summed E-state index contributed by atoms with van der Waals surface area (Å²) in [6, 6.07) is 6.87. The number of carbonyl (C=O) groups is 1. The first-order valence-electron chi connectivity index (χ1n) is 5.44. The predicted octanol–water partition coefficient (Wildman–Crippen LogP) is 3.00. The van der Waals surface area contributed by atoms with Crippen LogP contribution >= 0.6 is 11.6 Å². The molecule has 0 radical (unpaired) electrons. The van der Waals surface area contributed by atoms with Gasteiger partial charge in [0.05, 0.1) is 0 Å². The summed E-state index contributed by atoms with van der Waals surface area (Å²) >= 11 is 5.98. The minimum atomic E-state index is -0.229. The lowest BCUT2D eigenvalue weighted by Crippen LogP contribution is -2.14. The largest absolute Gasteiger partial charge is 0.306 e. The van der Waals surface area contributed by atoms with Gasteiger partial charge in [0, 0.05) is 16.8 Å². The van der Waals surface area contributed by atoms with Crippen molar-refractivity contribution in [1.29, 1.82) is 0 Å². The molecule has 0 spiro atoms. The van der Waals surface area contributed by atoms with Crippen molar-refractivity contribution in [3.8, 4) is 0 Å². The molecule has 2 aromatic rings. The van der Waals surface area contributed by atoms with Gasteiger partial charge in [0.25, 0.3) is 5.91 Å². The van der Waals surface area contributed by atoms with Crippen molar-refractivity contribution in [3.63, 3.8) is 0 Å². The number of nitrogens with zero attached hydrogens (tertiary/aromatic N) is 2. The Kier molecular flexibility index (Phi) is 3.58. The van der Waals surface area contributed by atoms with E-state index in [-0.39, 0.29) is 5.91 Å². The van der Waals surface area contributed by atoms with Crippen LogP contribution in [0.2, 0.25) is 5.02 Å². The second kappa shape index (κ2) is 5.14. The Balaban J connectivity index is 2.25. The van der Waals surface area contributed by atoms with Gasteiger partial charge in [0.1, 0.15) is 11.6 Å². The molecule has 1 heterocycles. The minimum Gasteiger partial charge on any atom is -0.306 e. The predicted molar refractivity (Wildman–Crippen MR) is 70.9 cm³/mol. The molecule has 0 bridgehead atoms. The Labute approximate surface area is 110 Å². The number of halogens is 1. The Bertz CT molecular complexity index is 599. The smallest absolute Gasteiger partial charge is 0.257 e. The number of hydrogen-bond donors (Lipinski definition) is 1. The summed E-state index contributed by atoms with van der Waals surface area (Å²) in [5, 5.41) is 3.29. The number of carbonyl (C=O) groups excluding carboxylic acids is 1. The van der Waals surface area contributed by atoms with Crippen molar-refractivity contribution < 1.29 is 4.79 Å². The maximum Gasteiger partial charge on any atom is 0.257 e. The third kappa shape index (κ3) is 2.65. The highest BCUT2D eigenvalue weighted by molar-refractivity contribution is 6.32. The molecule has 0 aliphatic rings. The number of aryl methyl sites for hydroxylation is 1. The molecule has 0 atom stereocenters. The van der Waals surface area contributed by atoms with Gasteiger partial charge in [0.15, 0.2) is 0 Å². The number of amides is 1. The number of hydrogen-bond acceptors (Lipinski definition) is 3. The van der Waals surface area contributed by atoms with Crippen molar-refractivity contribution >= 4 is 23.3 Å². The summed E-state index contributed by atoms with van der Waals surface area (Å²) in [6.07, 6.45) is 1.60. The Morgan fingerprint density at radius 1 is 1.28 bits per heavy atom. The van der Waals surface area contributed by atoms with Gasteiger partial charge in [-0.05, 0) is 37.6 Å². The van der Waals surface area contributed by atoms with E-state index in [4.69, 9.17) is 11.6 Å². The third-order valence-electron chi connectivity index (χ3n) is 2.53. The molecule has 1 aromatic carbocycles. The van der Waals surface area contributed by atoms with Gasteiger partial charge in [-0.3, -0.25) is 4.79 Å². The number of nitrogens with one attached hydrogen (secondary N) is 1. The fraction of sp³-hybridized carbons (Fsp3) is 0.154. The maximum atomic E-state index is 12.1. The average molecular weight is 262 g/mol. The summed E-state index contributed by atoms with van der Waals surface area (Å²) in [6.45, 7) is 3.57. The fourth-order valence-corrected chi connectivity index (χ4v) is 1.74. The van der Waals surface area contributed by atoms with E-state index in [2.05, 4.69) is 15.3 Å². The van der Waals surface area contributed by atoms with Crippen molar-refractivity contribution in [2.45, 2.75) is 13.8 Å². The molecular weight excluding hydrogens is 250 g/mol. The van der Waals surface area contributed by atoms with Crippen LogP contribution in [0.4, 0.5) is 5.82 Å². The molecule has 0 saturated carbocycles. The monoisotopic (exact) mass is 261 g/mol. The summed E-state index contributed by atoms with van der Waals surface area (Å²) < 4.78 is 0. The lowest BCUT2D eigenvalue weighted by molar-refractivity contribution is 0.102. The normalized spacial score (nSPS) is 10.2. The molecule has 4 nitrogen and oxygen atoms in total. The van der Waals surface area contributed by atoms with Crippen molar-refractivity contribution in [1.82, 2.24) is 9.97 Å². The zero-order valence-electron chi connectivity index (χ0n) is 10.1. The van der Waals surface area contributed by atoms with Crippen LogP contribution in [0.5, 0.6) is 0 Å². The lowest BCUT2D eigenvalue weighted by atomic mass is 10.1. The van der Waals surface area contributed by atoms with E-state index in [1.165, 1.54) is 0 Å². The van der Waals surface area contributed by atoms with E-state index < -0.39 is 0 Å². The van der Waals surface area contributed by atoms with Gasteiger partial charge in [-0.25, -0.2) is 9.97 Å². The van der Waals surface area contributed by atoms with Crippen LogP contribution in [0.25, 0.3) is 0 Å². The van der Waals surface area contributed by atoms with E-state index in [1.54, 1.807) is 37.4 Å². The fourth-order valence-electron chi connectivity index (χ4n) is 1.56. The molecule has 1 amide bonds. The highest BCUT2D eigenvalue weighted by atomic mass is 35.5. The van der Waals surface area contributed by atoms with Crippen LogP contribution in [0.3, 0.4) is 0 Å². The summed E-state index contributed by atoms with van der Waals surface area (Å²) in [5.41, 5.74) is 1.29. The summed E-state index contributed by atoms with van der Waals surface area (Å²) in [5.74, 6) is 0.857. The average Bonchev–Trinajstić information content (AvgIpc) is 2.32.